The van der Waals surface area contributed by atoms with Gasteiger partial charge in [-0.05, 0) is 44.1 Å². The first-order valence-corrected chi connectivity index (χ1v) is 5.99. The molecule has 1 spiro atoms. The number of hydrogen-bond donors (Lipinski definition) is 2. The van der Waals surface area contributed by atoms with Crippen LogP contribution in [0.3, 0.4) is 0 Å². The number of benzene rings is 1. The summed E-state index contributed by atoms with van der Waals surface area (Å²) in [7, 11) is 0. The summed E-state index contributed by atoms with van der Waals surface area (Å²) in [6.45, 7) is 1.79. The standard InChI is InChI=1S/C13H15NO3/c15-9-2-3-10-11(8-9)13(17-12(10)16)4-1-6-14-7-5-13/h2-3,8,14-15H,1,4-7H2. The molecule has 3 rings (SSSR count). The molecule has 1 aromatic carbocycles. The van der Waals surface area contributed by atoms with E-state index in [9.17, 15) is 9.90 Å². The van der Waals surface area contributed by atoms with Crippen LogP contribution in [0.15, 0.2) is 18.2 Å². The zero-order valence-electron chi connectivity index (χ0n) is 9.53. The second-order valence-corrected chi connectivity index (χ2v) is 4.72. The van der Waals surface area contributed by atoms with Gasteiger partial charge >= 0.3 is 5.97 Å². The highest BCUT2D eigenvalue weighted by Gasteiger charge is 2.45. The number of carbonyl (C=O) groups excluding carboxylic acids is 1. The van der Waals surface area contributed by atoms with Crippen molar-refractivity contribution in [2.45, 2.75) is 24.9 Å². The van der Waals surface area contributed by atoms with E-state index in [2.05, 4.69) is 5.32 Å². The quantitative estimate of drug-likeness (QED) is 0.667. The van der Waals surface area contributed by atoms with Crippen molar-refractivity contribution < 1.29 is 14.6 Å². The second kappa shape index (κ2) is 3.74. The molecule has 0 saturated carbocycles. The van der Waals surface area contributed by atoms with E-state index in [1.807, 2.05) is 0 Å². The summed E-state index contributed by atoms with van der Waals surface area (Å²) in [5, 5.41) is 12.9. The molecule has 0 aliphatic carbocycles. The maximum absolute atomic E-state index is 11.8. The number of nitrogens with one attached hydrogen (secondary N) is 1. The number of esters is 1. The van der Waals surface area contributed by atoms with Crippen molar-refractivity contribution >= 4 is 5.97 Å². The molecule has 0 bridgehead atoms. The van der Waals surface area contributed by atoms with Crippen molar-refractivity contribution in [1.82, 2.24) is 5.32 Å². The van der Waals surface area contributed by atoms with Gasteiger partial charge in [-0.15, -0.1) is 0 Å². The number of ether oxygens (including phenoxy) is 1. The zero-order chi connectivity index (χ0) is 11.9. The number of rotatable bonds is 0. The average molecular weight is 233 g/mol. The molecular formula is C13H15NO3. The summed E-state index contributed by atoms with van der Waals surface area (Å²) in [4.78, 5) is 11.8. The van der Waals surface area contributed by atoms with Gasteiger partial charge in [-0.25, -0.2) is 4.79 Å². The van der Waals surface area contributed by atoms with E-state index < -0.39 is 5.60 Å². The lowest BCUT2D eigenvalue weighted by molar-refractivity contribution is -0.0147. The van der Waals surface area contributed by atoms with Crippen LogP contribution in [0.2, 0.25) is 0 Å². The van der Waals surface area contributed by atoms with E-state index in [1.165, 1.54) is 6.07 Å². The van der Waals surface area contributed by atoms with Gasteiger partial charge in [-0.3, -0.25) is 0 Å². The lowest BCUT2D eigenvalue weighted by Gasteiger charge is -2.27. The third kappa shape index (κ3) is 1.60. The minimum atomic E-state index is -0.519. The molecule has 1 fully saturated rings. The highest BCUT2D eigenvalue weighted by molar-refractivity contribution is 5.95. The molecule has 4 heteroatoms. The van der Waals surface area contributed by atoms with E-state index >= 15 is 0 Å². The molecule has 1 atom stereocenters. The Morgan fingerprint density at radius 3 is 3.06 bits per heavy atom. The first-order valence-electron chi connectivity index (χ1n) is 5.99. The van der Waals surface area contributed by atoms with Crippen LogP contribution >= 0.6 is 0 Å². The van der Waals surface area contributed by atoms with Crippen molar-refractivity contribution in [3.05, 3.63) is 29.3 Å². The van der Waals surface area contributed by atoms with Crippen molar-refractivity contribution in [3.8, 4) is 5.75 Å². The number of phenols is 1. The van der Waals surface area contributed by atoms with Gasteiger partial charge in [0.1, 0.15) is 11.4 Å². The number of phenolic OH excluding ortho intramolecular Hbond substituents is 1. The van der Waals surface area contributed by atoms with E-state index in [0.29, 0.717) is 5.56 Å². The number of aromatic hydroxyl groups is 1. The van der Waals surface area contributed by atoms with Gasteiger partial charge in [0.15, 0.2) is 0 Å². The maximum atomic E-state index is 11.8. The van der Waals surface area contributed by atoms with Gasteiger partial charge in [0.25, 0.3) is 0 Å². The molecule has 2 aliphatic rings. The Morgan fingerprint density at radius 2 is 2.18 bits per heavy atom. The molecule has 0 amide bonds. The number of carbonyl (C=O) groups is 1. The Morgan fingerprint density at radius 1 is 1.29 bits per heavy atom. The predicted octanol–water partition coefficient (Wildman–Crippen LogP) is 1.53. The van der Waals surface area contributed by atoms with Gasteiger partial charge in [-0.2, -0.15) is 0 Å². The van der Waals surface area contributed by atoms with Crippen LogP contribution in [-0.4, -0.2) is 24.2 Å². The van der Waals surface area contributed by atoms with Crippen molar-refractivity contribution in [2.24, 2.45) is 0 Å². The molecule has 17 heavy (non-hydrogen) atoms. The van der Waals surface area contributed by atoms with Crippen LogP contribution < -0.4 is 5.32 Å². The Bertz CT molecular complexity index is 462. The average Bonchev–Trinajstić information content (AvgIpc) is 2.49. The van der Waals surface area contributed by atoms with Gasteiger partial charge in [0, 0.05) is 12.0 Å². The van der Waals surface area contributed by atoms with Crippen LogP contribution in [-0.2, 0) is 10.3 Å². The van der Waals surface area contributed by atoms with Gasteiger partial charge in [0.05, 0.1) is 5.56 Å². The first-order chi connectivity index (χ1) is 8.21. The lowest BCUT2D eigenvalue weighted by atomic mass is 9.86. The van der Waals surface area contributed by atoms with E-state index in [0.717, 1.165) is 37.9 Å². The molecule has 1 unspecified atom stereocenters. The fourth-order valence-electron chi connectivity index (χ4n) is 2.79. The monoisotopic (exact) mass is 233 g/mol. The highest BCUT2D eigenvalue weighted by Crippen LogP contribution is 2.44. The summed E-state index contributed by atoms with van der Waals surface area (Å²) < 4.78 is 5.61. The normalized spacial score (nSPS) is 27.6. The molecule has 2 N–H and O–H groups in total. The molecule has 1 saturated heterocycles. The van der Waals surface area contributed by atoms with Gasteiger partial charge in [0.2, 0.25) is 0 Å². The Labute approximate surface area is 99.6 Å². The molecular weight excluding hydrogens is 218 g/mol. The summed E-state index contributed by atoms with van der Waals surface area (Å²) in [5.74, 6) is -0.0690. The van der Waals surface area contributed by atoms with Crippen molar-refractivity contribution in [1.29, 1.82) is 0 Å². The third-order valence-electron chi connectivity index (χ3n) is 3.64. The summed E-state index contributed by atoms with van der Waals surface area (Å²) in [6, 6.07) is 4.86. The molecule has 2 heterocycles. The van der Waals surface area contributed by atoms with Crippen LogP contribution in [0.1, 0.15) is 35.2 Å². The summed E-state index contributed by atoms with van der Waals surface area (Å²) >= 11 is 0. The summed E-state index contributed by atoms with van der Waals surface area (Å²) in [5.41, 5.74) is 0.935. The summed E-state index contributed by atoms with van der Waals surface area (Å²) in [6.07, 6.45) is 2.57. The lowest BCUT2D eigenvalue weighted by Crippen LogP contribution is -2.27. The molecule has 0 radical (unpaired) electrons. The van der Waals surface area contributed by atoms with E-state index in [-0.39, 0.29) is 11.7 Å². The van der Waals surface area contributed by atoms with Crippen LogP contribution in [0.5, 0.6) is 5.75 Å². The predicted molar refractivity (Wildman–Crippen MR) is 61.9 cm³/mol. The third-order valence-corrected chi connectivity index (χ3v) is 3.64. The fourth-order valence-corrected chi connectivity index (χ4v) is 2.79. The first kappa shape index (κ1) is 10.6. The van der Waals surface area contributed by atoms with Gasteiger partial charge < -0.3 is 15.2 Å². The topological polar surface area (TPSA) is 58.6 Å². The number of hydrogen-bond acceptors (Lipinski definition) is 4. The Balaban J connectivity index is 2.09. The SMILES string of the molecule is O=C1OC2(CCCNCC2)c2cc(O)ccc21. The van der Waals surface area contributed by atoms with Crippen LogP contribution in [0, 0.1) is 0 Å². The Hall–Kier alpha value is -1.55. The molecule has 1 aromatic rings. The highest BCUT2D eigenvalue weighted by atomic mass is 16.6. The molecule has 2 aliphatic heterocycles. The van der Waals surface area contributed by atoms with Crippen LogP contribution in [0.25, 0.3) is 0 Å². The molecule has 90 valence electrons. The smallest absolute Gasteiger partial charge is 0.339 e. The van der Waals surface area contributed by atoms with Crippen LogP contribution in [0.4, 0.5) is 0 Å². The minimum Gasteiger partial charge on any atom is -0.508 e. The van der Waals surface area contributed by atoms with Crippen molar-refractivity contribution in [3.63, 3.8) is 0 Å². The molecule has 0 aromatic heterocycles. The van der Waals surface area contributed by atoms with E-state index in [1.54, 1.807) is 12.1 Å². The zero-order valence-corrected chi connectivity index (χ0v) is 9.53. The Kier molecular flexibility index (Phi) is 2.33. The largest absolute Gasteiger partial charge is 0.508 e. The van der Waals surface area contributed by atoms with Crippen molar-refractivity contribution in [2.75, 3.05) is 13.1 Å². The second-order valence-electron chi connectivity index (χ2n) is 4.72. The minimum absolute atomic E-state index is 0.193. The fraction of sp³-hybridized carbons (Fsp3) is 0.462. The van der Waals surface area contributed by atoms with E-state index in [4.69, 9.17) is 4.74 Å². The number of fused-ring (bicyclic) bond motifs is 2. The van der Waals surface area contributed by atoms with Gasteiger partial charge in [-0.1, -0.05) is 0 Å². The maximum Gasteiger partial charge on any atom is 0.339 e. The molecule has 4 nitrogen and oxygen atoms in total.